The number of benzene rings is 2. The zero-order valence-electron chi connectivity index (χ0n) is 16.5. The first-order valence-electron chi connectivity index (χ1n) is 9.25. The van der Waals surface area contributed by atoms with Crippen molar-refractivity contribution in [3.8, 4) is 0 Å². The lowest BCUT2D eigenvalue weighted by Crippen LogP contribution is -2.46. The average molecular weight is 434 g/mol. The van der Waals surface area contributed by atoms with Gasteiger partial charge in [0.2, 0.25) is 15.9 Å². The minimum absolute atomic E-state index is 0.0512. The van der Waals surface area contributed by atoms with Crippen molar-refractivity contribution in [2.45, 2.75) is 32.9 Å². The Bertz CT molecular complexity index is 1180. The van der Waals surface area contributed by atoms with Gasteiger partial charge >= 0.3 is 4.87 Å². The first-order chi connectivity index (χ1) is 13.8. The lowest BCUT2D eigenvalue weighted by atomic mass is 10.1. The van der Waals surface area contributed by atoms with Gasteiger partial charge in [-0.1, -0.05) is 36.5 Å². The van der Waals surface area contributed by atoms with Crippen LogP contribution in [0.25, 0.3) is 10.2 Å². The number of hydrogen-bond donors (Lipinski definition) is 1. The molecule has 0 radical (unpaired) electrons. The Balaban J connectivity index is 1.93. The van der Waals surface area contributed by atoms with Crippen molar-refractivity contribution in [3.63, 3.8) is 0 Å². The molecule has 0 aliphatic carbocycles. The van der Waals surface area contributed by atoms with Crippen LogP contribution < -0.4 is 14.5 Å². The van der Waals surface area contributed by atoms with E-state index in [0.29, 0.717) is 24.3 Å². The summed E-state index contributed by atoms with van der Waals surface area (Å²) in [6, 6.07) is 12.9. The van der Waals surface area contributed by atoms with Crippen molar-refractivity contribution < 1.29 is 13.2 Å². The Morgan fingerprint density at radius 1 is 1.17 bits per heavy atom. The number of aryl methyl sites for hydroxylation is 1. The van der Waals surface area contributed by atoms with Gasteiger partial charge in [0.05, 0.1) is 22.2 Å². The minimum atomic E-state index is -3.68. The number of rotatable bonds is 7. The van der Waals surface area contributed by atoms with Gasteiger partial charge in [0.15, 0.2) is 0 Å². The quantitative estimate of drug-likeness (QED) is 0.619. The molecule has 1 atom stereocenters. The van der Waals surface area contributed by atoms with Gasteiger partial charge in [-0.2, -0.15) is 0 Å². The molecular formula is C20H23N3O4S2. The Labute approximate surface area is 173 Å². The third kappa shape index (κ3) is 4.35. The number of aromatic nitrogens is 1. The van der Waals surface area contributed by atoms with E-state index in [1.54, 1.807) is 60.0 Å². The maximum Gasteiger partial charge on any atom is 0.308 e. The lowest BCUT2D eigenvalue weighted by molar-refractivity contribution is -0.117. The van der Waals surface area contributed by atoms with Crippen molar-refractivity contribution in [1.29, 1.82) is 0 Å². The second-order valence-electron chi connectivity index (χ2n) is 6.60. The summed E-state index contributed by atoms with van der Waals surface area (Å²) in [5.41, 5.74) is 1.77. The molecule has 1 amide bonds. The first-order valence-corrected chi connectivity index (χ1v) is 11.9. The van der Waals surface area contributed by atoms with Crippen molar-refractivity contribution in [2.24, 2.45) is 0 Å². The van der Waals surface area contributed by atoms with Crippen molar-refractivity contribution in [1.82, 2.24) is 4.57 Å². The summed E-state index contributed by atoms with van der Waals surface area (Å²) < 4.78 is 28.5. The smallest absolute Gasteiger partial charge is 0.308 e. The third-order valence-electron chi connectivity index (χ3n) is 4.59. The predicted octanol–water partition coefficient (Wildman–Crippen LogP) is 3.27. The molecule has 3 aromatic rings. The van der Waals surface area contributed by atoms with Crippen molar-refractivity contribution in [3.05, 3.63) is 58.2 Å². The molecule has 0 saturated carbocycles. The maximum atomic E-state index is 13.0. The van der Waals surface area contributed by atoms with Crippen LogP contribution in [-0.2, 0) is 21.4 Å². The highest BCUT2D eigenvalue weighted by Gasteiger charge is 2.31. The molecule has 0 bridgehead atoms. The van der Waals surface area contributed by atoms with Crippen LogP contribution in [0.4, 0.5) is 11.4 Å². The molecule has 1 aromatic heterocycles. The zero-order chi connectivity index (χ0) is 21.2. The predicted molar refractivity (Wildman–Crippen MR) is 118 cm³/mol. The van der Waals surface area contributed by atoms with Crippen LogP contribution in [0.5, 0.6) is 0 Å². The Hall–Kier alpha value is -2.65. The number of nitrogens with zero attached hydrogens (tertiary/aromatic N) is 2. The molecule has 0 fully saturated rings. The number of nitrogens with one attached hydrogen (secondary N) is 1. The normalized spacial score (nSPS) is 12.7. The van der Waals surface area contributed by atoms with Gasteiger partial charge in [0.1, 0.15) is 6.04 Å². The number of para-hydroxylation sites is 1. The molecule has 2 aromatic carbocycles. The van der Waals surface area contributed by atoms with E-state index in [1.807, 2.05) is 6.92 Å². The summed E-state index contributed by atoms with van der Waals surface area (Å²) in [5.74, 6) is -0.427. The second kappa shape index (κ2) is 8.38. The van der Waals surface area contributed by atoms with Crippen molar-refractivity contribution in [2.75, 3.05) is 15.9 Å². The van der Waals surface area contributed by atoms with E-state index in [9.17, 15) is 18.0 Å². The summed E-state index contributed by atoms with van der Waals surface area (Å²) in [5, 5.41) is 2.80. The zero-order valence-corrected chi connectivity index (χ0v) is 18.1. The van der Waals surface area contributed by atoms with Crippen LogP contribution in [0.2, 0.25) is 0 Å². The molecule has 0 aliphatic rings. The number of sulfonamides is 1. The van der Waals surface area contributed by atoms with Crippen molar-refractivity contribution >= 4 is 48.9 Å². The fourth-order valence-electron chi connectivity index (χ4n) is 3.30. The Morgan fingerprint density at radius 3 is 2.45 bits per heavy atom. The monoisotopic (exact) mass is 433 g/mol. The SMILES string of the molecule is CC[C@@H](C(=O)Nc1ccc2c(c1)sc(=O)n2CC)N(c1ccccc1)S(C)(=O)=O. The molecule has 3 rings (SSSR count). The van der Waals surface area contributed by atoms with Gasteiger partial charge in [-0.05, 0) is 43.7 Å². The maximum absolute atomic E-state index is 13.0. The third-order valence-corrected chi connectivity index (χ3v) is 6.71. The number of carbonyl (C=O) groups excluding carboxylic acids is 1. The highest BCUT2D eigenvalue weighted by atomic mass is 32.2. The first kappa shape index (κ1) is 21.1. The number of thiazole rings is 1. The summed E-state index contributed by atoms with van der Waals surface area (Å²) in [6.45, 7) is 4.24. The molecule has 0 saturated heterocycles. The van der Waals surface area contributed by atoms with E-state index in [-0.39, 0.29) is 4.87 Å². The minimum Gasteiger partial charge on any atom is -0.324 e. The number of anilines is 2. The van der Waals surface area contributed by atoms with Crippen LogP contribution in [0, 0.1) is 0 Å². The number of amides is 1. The summed E-state index contributed by atoms with van der Waals surface area (Å²) in [4.78, 5) is 25.0. The number of fused-ring (bicyclic) bond motifs is 1. The van der Waals surface area contributed by atoms with Gasteiger partial charge in [-0.25, -0.2) is 8.42 Å². The van der Waals surface area contributed by atoms with E-state index in [0.717, 1.165) is 32.1 Å². The van der Waals surface area contributed by atoms with E-state index in [1.165, 1.54) is 0 Å². The molecule has 7 nitrogen and oxygen atoms in total. The molecule has 9 heteroatoms. The summed E-state index contributed by atoms with van der Waals surface area (Å²) in [6.07, 6.45) is 1.39. The number of hydrogen-bond acceptors (Lipinski definition) is 5. The van der Waals surface area contributed by atoms with Crippen LogP contribution >= 0.6 is 11.3 Å². The Kier molecular flexibility index (Phi) is 6.09. The highest BCUT2D eigenvalue weighted by Crippen LogP contribution is 2.25. The fraction of sp³-hybridized carbons (Fsp3) is 0.300. The molecule has 0 aliphatic heterocycles. The number of carbonyl (C=O) groups is 1. The summed E-state index contributed by atoms with van der Waals surface area (Å²) >= 11 is 1.12. The van der Waals surface area contributed by atoms with E-state index in [2.05, 4.69) is 5.32 Å². The van der Waals surface area contributed by atoms with Crippen LogP contribution in [0.1, 0.15) is 20.3 Å². The standard InChI is InChI=1S/C20H23N3O4S2/c1-4-16(23(29(3,26)27)15-9-7-6-8-10-15)19(24)21-14-11-12-17-18(13-14)28-20(25)22(17)5-2/h6-13,16H,4-5H2,1-3H3,(H,21,24)/t16-/m0/s1. The molecular weight excluding hydrogens is 410 g/mol. The average Bonchev–Trinajstić information content (AvgIpc) is 2.99. The Morgan fingerprint density at radius 2 is 1.86 bits per heavy atom. The molecule has 0 spiro atoms. The lowest BCUT2D eigenvalue weighted by Gasteiger charge is -2.30. The van der Waals surface area contributed by atoms with E-state index < -0.39 is 22.0 Å². The fourth-order valence-corrected chi connectivity index (χ4v) is 5.51. The van der Waals surface area contributed by atoms with Gasteiger partial charge in [-0.15, -0.1) is 0 Å². The van der Waals surface area contributed by atoms with Crippen LogP contribution in [0.3, 0.4) is 0 Å². The van der Waals surface area contributed by atoms with Gasteiger partial charge < -0.3 is 5.32 Å². The van der Waals surface area contributed by atoms with Crippen LogP contribution in [0.15, 0.2) is 53.3 Å². The summed E-state index contributed by atoms with van der Waals surface area (Å²) in [7, 11) is -3.68. The van der Waals surface area contributed by atoms with E-state index >= 15 is 0 Å². The molecule has 1 heterocycles. The molecule has 154 valence electrons. The molecule has 0 unspecified atom stereocenters. The molecule has 29 heavy (non-hydrogen) atoms. The highest BCUT2D eigenvalue weighted by molar-refractivity contribution is 7.92. The largest absolute Gasteiger partial charge is 0.324 e. The van der Waals surface area contributed by atoms with Crippen LogP contribution in [-0.4, -0.2) is 31.2 Å². The van der Waals surface area contributed by atoms with Gasteiger partial charge in [0, 0.05) is 12.2 Å². The van der Waals surface area contributed by atoms with E-state index in [4.69, 9.17) is 0 Å². The topological polar surface area (TPSA) is 88.5 Å². The van der Waals surface area contributed by atoms with Gasteiger partial charge in [0.25, 0.3) is 0 Å². The molecule has 1 N–H and O–H groups in total. The second-order valence-corrected chi connectivity index (χ2v) is 9.46. The van der Waals surface area contributed by atoms with Gasteiger partial charge in [-0.3, -0.25) is 18.5 Å².